The Morgan fingerprint density at radius 1 is 1.07 bits per heavy atom. The van der Waals surface area contributed by atoms with E-state index < -0.39 is 0 Å². The third-order valence-electron chi connectivity index (χ3n) is 3.93. The molecule has 27 heavy (non-hydrogen) atoms. The summed E-state index contributed by atoms with van der Waals surface area (Å²) in [5.41, 5.74) is 2.91. The van der Waals surface area contributed by atoms with Crippen LogP contribution < -0.4 is 5.32 Å². The SMILES string of the molecule is O=C(NCCSCc1ccc(Cl)c(Cl)c1)c1ccc(Cn2ccnc2)cc1. The summed E-state index contributed by atoms with van der Waals surface area (Å²) in [5, 5.41) is 4.08. The van der Waals surface area contributed by atoms with Crippen molar-refractivity contribution < 1.29 is 4.79 Å². The zero-order valence-corrected chi connectivity index (χ0v) is 16.9. The van der Waals surface area contributed by atoms with E-state index in [2.05, 4.69) is 10.3 Å². The number of nitrogens with one attached hydrogen (secondary N) is 1. The average molecular weight is 420 g/mol. The van der Waals surface area contributed by atoms with Gasteiger partial charge in [0.1, 0.15) is 0 Å². The number of aromatic nitrogens is 2. The van der Waals surface area contributed by atoms with Crippen molar-refractivity contribution in [1.82, 2.24) is 14.9 Å². The summed E-state index contributed by atoms with van der Waals surface area (Å²) in [4.78, 5) is 16.2. The third-order valence-corrected chi connectivity index (χ3v) is 5.69. The van der Waals surface area contributed by atoms with Gasteiger partial charge in [-0.3, -0.25) is 4.79 Å². The second kappa shape index (κ2) is 9.83. The molecule has 0 aliphatic rings. The van der Waals surface area contributed by atoms with E-state index in [1.165, 1.54) is 0 Å². The number of hydrogen-bond donors (Lipinski definition) is 1. The van der Waals surface area contributed by atoms with Crippen molar-refractivity contribution in [3.63, 3.8) is 0 Å². The van der Waals surface area contributed by atoms with Crippen LogP contribution in [0.4, 0.5) is 0 Å². The predicted molar refractivity (Wildman–Crippen MR) is 113 cm³/mol. The van der Waals surface area contributed by atoms with Gasteiger partial charge in [0.2, 0.25) is 0 Å². The van der Waals surface area contributed by atoms with E-state index >= 15 is 0 Å². The lowest BCUT2D eigenvalue weighted by Gasteiger charge is -2.07. The van der Waals surface area contributed by atoms with Crippen LogP contribution in [0.5, 0.6) is 0 Å². The van der Waals surface area contributed by atoms with Gasteiger partial charge in [-0.1, -0.05) is 41.4 Å². The molecule has 2 aromatic carbocycles. The third kappa shape index (κ3) is 6.03. The van der Waals surface area contributed by atoms with Crippen molar-refractivity contribution in [2.45, 2.75) is 12.3 Å². The average Bonchev–Trinajstić information content (AvgIpc) is 3.18. The summed E-state index contributed by atoms with van der Waals surface area (Å²) in [6, 6.07) is 13.3. The fourth-order valence-corrected chi connectivity index (χ4v) is 3.64. The summed E-state index contributed by atoms with van der Waals surface area (Å²) >= 11 is 13.7. The topological polar surface area (TPSA) is 46.9 Å². The van der Waals surface area contributed by atoms with Crippen molar-refractivity contribution in [1.29, 1.82) is 0 Å². The van der Waals surface area contributed by atoms with Gasteiger partial charge in [-0.15, -0.1) is 0 Å². The van der Waals surface area contributed by atoms with E-state index in [4.69, 9.17) is 23.2 Å². The van der Waals surface area contributed by atoms with E-state index in [9.17, 15) is 4.79 Å². The van der Waals surface area contributed by atoms with Crippen LogP contribution in [0.3, 0.4) is 0 Å². The van der Waals surface area contributed by atoms with Gasteiger partial charge in [-0.05, 0) is 35.4 Å². The van der Waals surface area contributed by atoms with Gasteiger partial charge < -0.3 is 9.88 Å². The molecular weight excluding hydrogens is 401 g/mol. The molecule has 1 aromatic heterocycles. The molecule has 3 rings (SSSR count). The molecule has 0 radical (unpaired) electrons. The van der Waals surface area contributed by atoms with Crippen molar-refractivity contribution in [3.8, 4) is 0 Å². The van der Waals surface area contributed by atoms with E-state index in [1.54, 1.807) is 30.4 Å². The Morgan fingerprint density at radius 2 is 1.85 bits per heavy atom. The number of rotatable bonds is 8. The maximum Gasteiger partial charge on any atom is 0.251 e. The molecule has 0 atom stereocenters. The number of thioether (sulfide) groups is 1. The van der Waals surface area contributed by atoms with Gasteiger partial charge in [0.05, 0.1) is 16.4 Å². The number of halogens is 2. The Balaban J connectivity index is 1.39. The monoisotopic (exact) mass is 419 g/mol. The second-order valence-corrected chi connectivity index (χ2v) is 7.91. The quantitative estimate of drug-likeness (QED) is 0.528. The van der Waals surface area contributed by atoms with Crippen LogP contribution >= 0.6 is 35.0 Å². The summed E-state index contributed by atoms with van der Waals surface area (Å²) in [5.74, 6) is 1.60. The first kappa shape index (κ1) is 19.8. The maximum atomic E-state index is 12.2. The first-order chi connectivity index (χ1) is 13.1. The van der Waals surface area contributed by atoms with E-state index in [0.717, 1.165) is 29.2 Å². The lowest BCUT2D eigenvalue weighted by molar-refractivity contribution is 0.0956. The molecule has 0 fully saturated rings. The first-order valence-electron chi connectivity index (χ1n) is 8.46. The van der Waals surface area contributed by atoms with Gasteiger partial charge in [0.25, 0.3) is 5.91 Å². The van der Waals surface area contributed by atoms with E-state index in [1.807, 2.05) is 47.2 Å². The molecule has 1 heterocycles. The van der Waals surface area contributed by atoms with Gasteiger partial charge in [0.15, 0.2) is 0 Å². The molecule has 3 aromatic rings. The minimum atomic E-state index is -0.0562. The number of carbonyl (C=O) groups excluding carboxylic acids is 1. The minimum Gasteiger partial charge on any atom is -0.351 e. The molecule has 0 unspecified atom stereocenters. The Labute approximate surface area is 172 Å². The molecule has 0 aliphatic heterocycles. The molecule has 1 amide bonds. The van der Waals surface area contributed by atoms with Crippen LogP contribution in [0.1, 0.15) is 21.5 Å². The number of amides is 1. The Bertz CT molecular complexity index is 883. The number of hydrogen-bond acceptors (Lipinski definition) is 3. The van der Waals surface area contributed by atoms with Crippen LogP contribution in [-0.4, -0.2) is 27.8 Å². The van der Waals surface area contributed by atoms with E-state index in [0.29, 0.717) is 22.2 Å². The van der Waals surface area contributed by atoms with Gasteiger partial charge in [-0.25, -0.2) is 4.98 Å². The van der Waals surface area contributed by atoms with Crippen molar-refractivity contribution in [3.05, 3.63) is 87.9 Å². The van der Waals surface area contributed by atoms with Crippen molar-refractivity contribution in [2.75, 3.05) is 12.3 Å². The van der Waals surface area contributed by atoms with Gasteiger partial charge in [0, 0.05) is 42.6 Å². The Kier molecular flexibility index (Phi) is 7.21. The molecule has 4 nitrogen and oxygen atoms in total. The highest BCUT2D eigenvalue weighted by Crippen LogP contribution is 2.24. The Morgan fingerprint density at radius 3 is 2.56 bits per heavy atom. The molecule has 0 aliphatic carbocycles. The van der Waals surface area contributed by atoms with Crippen LogP contribution in [0.25, 0.3) is 0 Å². The largest absolute Gasteiger partial charge is 0.351 e. The highest BCUT2D eigenvalue weighted by Gasteiger charge is 2.05. The maximum absolute atomic E-state index is 12.2. The summed E-state index contributed by atoms with van der Waals surface area (Å²) in [6.45, 7) is 1.36. The number of benzene rings is 2. The number of carbonyl (C=O) groups is 1. The lowest BCUT2D eigenvalue weighted by atomic mass is 10.1. The number of nitrogens with zero attached hydrogens (tertiary/aromatic N) is 2. The van der Waals surface area contributed by atoms with Gasteiger partial charge in [-0.2, -0.15) is 11.8 Å². The molecule has 0 saturated heterocycles. The number of imidazole rings is 1. The zero-order chi connectivity index (χ0) is 19.1. The fraction of sp³-hybridized carbons (Fsp3) is 0.200. The lowest BCUT2D eigenvalue weighted by Crippen LogP contribution is -2.25. The summed E-state index contributed by atoms with van der Waals surface area (Å²) < 4.78 is 1.99. The molecule has 0 saturated carbocycles. The normalized spacial score (nSPS) is 10.7. The predicted octanol–water partition coefficient (Wildman–Crippen LogP) is 4.90. The van der Waals surface area contributed by atoms with Crippen LogP contribution in [0.2, 0.25) is 10.0 Å². The van der Waals surface area contributed by atoms with Crippen LogP contribution in [0.15, 0.2) is 61.2 Å². The molecule has 140 valence electrons. The summed E-state index contributed by atoms with van der Waals surface area (Å²) in [7, 11) is 0. The van der Waals surface area contributed by atoms with Crippen LogP contribution in [-0.2, 0) is 12.3 Å². The summed E-state index contributed by atoms with van der Waals surface area (Å²) in [6.07, 6.45) is 5.44. The van der Waals surface area contributed by atoms with E-state index in [-0.39, 0.29) is 5.91 Å². The molecule has 0 spiro atoms. The zero-order valence-electron chi connectivity index (χ0n) is 14.6. The highest BCUT2D eigenvalue weighted by atomic mass is 35.5. The molecule has 0 bridgehead atoms. The Hall–Kier alpha value is -1.95. The first-order valence-corrected chi connectivity index (χ1v) is 10.4. The highest BCUT2D eigenvalue weighted by molar-refractivity contribution is 7.98. The second-order valence-electron chi connectivity index (χ2n) is 5.99. The fourth-order valence-electron chi connectivity index (χ4n) is 2.51. The van der Waals surface area contributed by atoms with Crippen LogP contribution in [0, 0.1) is 0 Å². The van der Waals surface area contributed by atoms with Gasteiger partial charge >= 0.3 is 0 Å². The van der Waals surface area contributed by atoms with Crippen molar-refractivity contribution in [2.24, 2.45) is 0 Å². The molecule has 7 heteroatoms. The standard InChI is InChI=1S/C20H19Cl2N3OS/c21-18-6-3-16(11-19(18)22)13-27-10-8-24-20(26)17-4-1-15(2-5-17)12-25-9-7-23-14-25/h1-7,9,11,14H,8,10,12-13H2,(H,24,26). The molecule has 1 N–H and O–H groups in total. The smallest absolute Gasteiger partial charge is 0.251 e. The van der Waals surface area contributed by atoms with Crippen molar-refractivity contribution >= 4 is 40.9 Å². The molecular formula is C20H19Cl2N3OS. The minimum absolute atomic E-state index is 0.0562.